The monoisotopic (exact) mass is 325 g/mol. The summed E-state index contributed by atoms with van der Waals surface area (Å²) in [5.74, 6) is 0.991. The third kappa shape index (κ3) is 3.91. The maximum atomic E-state index is 11.4. The molecule has 1 aliphatic rings. The predicted octanol–water partition coefficient (Wildman–Crippen LogP) is 3.03. The second-order valence-corrected chi connectivity index (χ2v) is 6.41. The third-order valence-corrected chi connectivity index (χ3v) is 4.53. The van der Waals surface area contributed by atoms with Crippen LogP contribution in [0.15, 0.2) is 36.4 Å². The Kier molecular flexibility index (Phi) is 5.08. The van der Waals surface area contributed by atoms with E-state index >= 15 is 0 Å². The molecule has 1 aromatic heterocycles. The van der Waals surface area contributed by atoms with Gasteiger partial charge in [-0.25, -0.2) is 4.79 Å². The van der Waals surface area contributed by atoms with Gasteiger partial charge in [-0.3, -0.25) is 0 Å². The summed E-state index contributed by atoms with van der Waals surface area (Å²) in [5.41, 5.74) is 2.93. The summed E-state index contributed by atoms with van der Waals surface area (Å²) in [6.07, 6.45) is 3.47. The fourth-order valence-electron chi connectivity index (χ4n) is 3.20. The number of benzene rings is 1. The Balaban J connectivity index is 1.64. The molecule has 2 heterocycles. The lowest BCUT2D eigenvalue weighted by Crippen LogP contribution is -2.37. The number of hydrogen-bond donors (Lipinski definition) is 0. The van der Waals surface area contributed by atoms with Crippen molar-refractivity contribution in [3.05, 3.63) is 53.2 Å². The molecule has 1 unspecified atom stereocenters. The molecule has 1 aliphatic heterocycles. The molecule has 0 radical (unpaired) electrons. The highest BCUT2D eigenvalue weighted by Crippen LogP contribution is 2.24. The lowest BCUT2D eigenvalue weighted by molar-refractivity contribution is 0.0592. The van der Waals surface area contributed by atoms with Crippen LogP contribution >= 0.6 is 0 Å². The number of ether oxygens (including phenoxy) is 1. The summed E-state index contributed by atoms with van der Waals surface area (Å²) < 4.78 is 4.66. The molecule has 5 nitrogen and oxygen atoms in total. The number of aromatic nitrogens is 2. The fraction of sp³-hybridized carbons (Fsp3) is 0.421. The van der Waals surface area contributed by atoms with Crippen molar-refractivity contribution < 1.29 is 9.53 Å². The van der Waals surface area contributed by atoms with Crippen LogP contribution in [-0.4, -0.2) is 36.4 Å². The first-order valence-electron chi connectivity index (χ1n) is 8.38. The number of hydrogen-bond acceptors (Lipinski definition) is 5. The molecule has 0 saturated carbocycles. The number of esters is 1. The number of rotatable bonds is 4. The average molecular weight is 325 g/mol. The van der Waals surface area contributed by atoms with Crippen molar-refractivity contribution in [2.24, 2.45) is 5.92 Å². The molecule has 24 heavy (non-hydrogen) atoms. The Morgan fingerprint density at radius 2 is 2.00 bits per heavy atom. The molecular formula is C19H23N3O2. The van der Waals surface area contributed by atoms with Crippen molar-refractivity contribution in [1.29, 1.82) is 0 Å². The Hall–Kier alpha value is -2.43. The van der Waals surface area contributed by atoms with Crippen LogP contribution in [0.1, 0.15) is 34.5 Å². The molecule has 0 N–H and O–H groups in total. The van der Waals surface area contributed by atoms with Crippen molar-refractivity contribution in [3.63, 3.8) is 0 Å². The summed E-state index contributed by atoms with van der Waals surface area (Å²) >= 11 is 0. The summed E-state index contributed by atoms with van der Waals surface area (Å²) in [5, 5.41) is 8.18. The van der Waals surface area contributed by atoms with Gasteiger partial charge in [-0.2, -0.15) is 0 Å². The van der Waals surface area contributed by atoms with Gasteiger partial charge in [-0.05, 0) is 49.8 Å². The van der Waals surface area contributed by atoms with E-state index in [2.05, 4.69) is 51.0 Å². The van der Waals surface area contributed by atoms with Crippen molar-refractivity contribution in [2.75, 3.05) is 25.1 Å². The Morgan fingerprint density at radius 3 is 2.67 bits per heavy atom. The summed E-state index contributed by atoms with van der Waals surface area (Å²) in [4.78, 5) is 13.7. The minimum absolute atomic E-state index is 0.245. The van der Waals surface area contributed by atoms with E-state index in [0.29, 0.717) is 5.92 Å². The molecule has 1 aromatic carbocycles. The van der Waals surface area contributed by atoms with Gasteiger partial charge < -0.3 is 9.64 Å². The van der Waals surface area contributed by atoms with Crippen LogP contribution < -0.4 is 4.90 Å². The van der Waals surface area contributed by atoms with Crippen LogP contribution in [0.25, 0.3) is 0 Å². The van der Waals surface area contributed by atoms with E-state index in [4.69, 9.17) is 0 Å². The van der Waals surface area contributed by atoms with Gasteiger partial charge in [0.15, 0.2) is 11.5 Å². The zero-order chi connectivity index (χ0) is 16.9. The van der Waals surface area contributed by atoms with E-state index in [0.717, 1.165) is 31.7 Å². The summed E-state index contributed by atoms with van der Waals surface area (Å²) in [7, 11) is 1.35. The fourth-order valence-corrected chi connectivity index (χ4v) is 3.20. The number of anilines is 1. The summed E-state index contributed by atoms with van der Waals surface area (Å²) in [6.45, 7) is 4.07. The molecule has 126 valence electrons. The second-order valence-electron chi connectivity index (χ2n) is 6.41. The van der Waals surface area contributed by atoms with Gasteiger partial charge in [-0.1, -0.05) is 29.8 Å². The Labute approximate surface area is 142 Å². The molecular weight excluding hydrogens is 302 g/mol. The van der Waals surface area contributed by atoms with E-state index in [-0.39, 0.29) is 5.69 Å². The highest BCUT2D eigenvalue weighted by atomic mass is 16.5. The van der Waals surface area contributed by atoms with Gasteiger partial charge in [0.2, 0.25) is 0 Å². The largest absolute Gasteiger partial charge is 0.464 e. The SMILES string of the molecule is COC(=O)c1ccc(N2CCCC(Cc3ccc(C)cc3)C2)nn1. The molecule has 0 amide bonds. The smallest absolute Gasteiger partial charge is 0.358 e. The van der Waals surface area contributed by atoms with Gasteiger partial charge in [-0.15, -0.1) is 10.2 Å². The maximum absolute atomic E-state index is 11.4. The minimum atomic E-state index is -0.454. The third-order valence-electron chi connectivity index (χ3n) is 4.53. The quantitative estimate of drug-likeness (QED) is 0.809. The number of aryl methyl sites for hydroxylation is 1. The van der Waals surface area contributed by atoms with Gasteiger partial charge in [0.1, 0.15) is 0 Å². The molecule has 0 spiro atoms. The number of piperidine rings is 1. The molecule has 5 heteroatoms. The summed E-state index contributed by atoms with van der Waals surface area (Å²) in [6, 6.07) is 12.3. The van der Waals surface area contributed by atoms with Crippen molar-refractivity contribution in [1.82, 2.24) is 10.2 Å². The van der Waals surface area contributed by atoms with Gasteiger partial charge >= 0.3 is 5.97 Å². The maximum Gasteiger partial charge on any atom is 0.358 e. The Morgan fingerprint density at radius 1 is 1.21 bits per heavy atom. The van der Waals surface area contributed by atoms with Gasteiger partial charge in [0.05, 0.1) is 7.11 Å². The first kappa shape index (κ1) is 16.4. The van der Waals surface area contributed by atoms with E-state index in [1.165, 1.54) is 24.7 Å². The van der Waals surface area contributed by atoms with Crippen LogP contribution in [0, 0.1) is 12.8 Å². The van der Waals surface area contributed by atoms with Crippen LogP contribution in [0.3, 0.4) is 0 Å². The highest BCUT2D eigenvalue weighted by Gasteiger charge is 2.22. The number of nitrogens with zero attached hydrogens (tertiary/aromatic N) is 3. The highest BCUT2D eigenvalue weighted by molar-refractivity contribution is 5.86. The standard InChI is InChI=1S/C19H23N3O2/c1-14-5-7-15(8-6-14)12-16-4-3-11-22(13-16)18-10-9-17(20-21-18)19(23)24-2/h5-10,16H,3-4,11-13H2,1-2H3. The normalized spacial score (nSPS) is 17.6. The first-order valence-corrected chi connectivity index (χ1v) is 8.38. The van der Waals surface area contributed by atoms with E-state index in [9.17, 15) is 4.79 Å². The van der Waals surface area contributed by atoms with Crippen LogP contribution in [0.4, 0.5) is 5.82 Å². The number of carbonyl (C=O) groups excluding carboxylic acids is 1. The second kappa shape index (κ2) is 7.43. The lowest BCUT2D eigenvalue weighted by atomic mass is 9.91. The van der Waals surface area contributed by atoms with Crippen LogP contribution in [0.2, 0.25) is 0 Å². The van der Waals surface area contributed by atoms with E-state index < -0.39 is 5.97 Å². The van der Waals surface area contributed by atoms with Crippen LogP contribution in [-0.2, 0) is 11.2 Å². The average Bonchev–Trinajstić information content (AvgIpc) is 2.63. The van der Waals surface area contributed by atoms with E-state index in [1.54, 1.807) is 6.07 Å². The predicted molar refractivity (Wildman–Crippen MR) is 93.2 cm³/mol. The van der Waals surface area contributed by atoms with E-state index in [1.807, 2.05) is 6.07 Å². The molecule has 1 fully saturated rings. The molecule has 3 rings (SSSR count). The Bertz CT molecular complexity index is 683. The van der Waals surface area contributed by atoms with Crippen molar-refractivity contribution in [3.8, 4) is 0 Å². The first-order chi connectivity index (χ1) is 11.7. The van der Waals surface area contributed by atoms with Crippen molar-refractivity contribution in [2.45, 2.75) is 26.2 Å². The molecule has 1 saturated heterocycles. The number of carbonyl (C=O) groups is 1. The zero-order valence-corrected chi connectivity index (χ0v) is 14.2. The molecule has 0 bridgehead atoms. The number of methoxy groups -OCH3 is 1. The van der Waals surface area contributed by atoms with Gasteiger partial charge in [0, 0.05) is 13.1 Å². The lowest BCUT2D eigenvalue weighted by Gasteiger charge is -2.33. The molecule has 1 atom stereocenters. The van der Waals surface area contributed by atoms with Crippen LogP contribution in [0.5, 0.6) is 0 Å². The molecule has 2 aromatic rings. The topological polar surface area (TPSA) is 55.3 Å². The van der Waals surface area contributed by atoms with Gasteiger partial charge in [0.25, 0.3) is 0 Å². The minimum Gasteiger partial charge on any atom is -0.464 e. The molecule has 0 aliphatic carbocycles. The van der Waals surface area contributed by atoms with Crippen molar-refractivity contribution >= 4 is 11.8 Å². The zero-order valence-electron chi connectivity index (χ0n) is 14.2.